The number of amides is 1. The molecule has 0 aliphatic carbocycles. The van der Waals surface area contributed by atoms with Crippen molar-refractivity contribution in [2.45, 2.75) is 39.4 Å². The number of aromatic nitrogens is 2. The van der Waals surface area contributed by atoms with Gasteiger partial charge in [0.25, 0.3) is 0 Å². The van der Waals surface area contributed by atoms with E-state index in [2.05, 4.69) is 28.2 Å². The van der Waals surface area contributed by atoms with Crippen LogP contribution < -0.4 is 0 Å². The molecule has 34 heavy (non-hydrogen) atoms. The van der Waals surface area contributed by atoms with Crippen molar-refractivity contribution < 1.29 is 18.7 Å². The molecule has 175 valence electrons. The maximum atomic E-state index is 14.2. The third kappa shape index (κ3) is 3.30. The lowest BCUT2D eigenvalue weighted by molar-refractivity contribution is 0.128. The summed E-state index contributed by atoms with van der Waals surface area (Å²) in [6.45, 7) is 8.66. The molecule has 2 aromatic heterocycles. The molecule has 1 radical (unpaired) electrons. The second-order valence-electron chi connectivity index (χ2n) is 9.15. The fraction of sp³-hybridized carbons (Fsp3) is 0.259. The van der Waals surface area contributed by atoms with Crippen molar-refractivity contribution in [1.82, 2.24) is 14.0 Å². The van der Waals surface area contributed by atoms with Crippen LogP contribution in [-0.2, 0) is 26.6 Å². The summed E-state index contributed by atoms with van der Waals surface area (Å²) >= 11 is 0. The monoisotopic (exact) mass is 462 g/mol. The van der Waals surface area contributed by atoms with Crippen molar-refractivity contribution in [2.24, 2.45) is 7.05 Å². The Kier molecular flexibility index (Phi) is 5.23. The second kappa shape index (κ2) is 8.01. The quantitative estimate of drug-likeness (QED) is 0.359. The first-order valence-corrected chi connectivity index (χ1v) is 11.2. The van der Waals surface area contributed by atoms with Gasteiger partial charge in [-0.15, -0.1) is 0 Å². The highest BCUT2D eigenvalue weighted by molar-refractivity contribution is 5.86. The molecule has 0 bridgehead atoms. The van der Waals surface area contributed by atoms with E-state index in [4.69, 9.17) is 0 Å². The number of hydrogen-bond acceptors (Lipinski definition) is 1. The van der Waals surface area contributed by atoms with Crippen molar-refractivity contribution in [3.8, 4) is 11.3 Å². The van der Waals surface area contributed by atoms with E-state index >= 15 is 0 Å². The number of carbonyl (C=O) groups is 1. The van der Waals surface area contributed by atoms with E-state index in [1.165, 1.54) is 16.5 Å². The summed E-state index contributed by atoms with van der Waals surface area (Å²) in [6.07, 6.45) is -0.408. The molecule has 7 heteroatoms. The Balaban J connectivity index is 1.74. The molecular weight excluding hydrogens is 436 g/mol. The minimum Gasteiger partial charge on any atom is -0.465 e. The zero-order valence-electron chi connectivity index (χ0n) is 19.4. The molecule has 5 nitrogen and oxygen atoms in total. The van der Waals surface area contributed by atoms with Crippen LogP contribution in [0.5, 0.6) is 0 Å². The van der Waals surface area contributed by atoms with Crippen LogP contribution in [0.1, 0.15) is 41.9 Å². The summed E-state index contributed by atoms with van der Waals surface area (Å²) in [4.78, 5) is 13.3. The zero-order valence-corrected chi connectivity index (χ0v) is 19.4. The lowest BCUT2D eigenvalue weighted by atomic mass is 9.98. The van der Waals surface area contributed by atoms with Crippen LogP contribution in [0.25, 0.3) is 22.2 Å². The van der Waals surface area contributed by atoms with E-state index in [0.717, 1.165) is 33.9 Å². The van der Waals surface area contributed by atoms with E-state index in [-0.39, 0.29) is 12.6 Å². The van der Waals surface area contributed by atoms with Crippen LogP contribution in [0.4, 0.5) is 13.6 Å². The van der Waals surface area contributed by atoms with Gasteiger partial charge in [0.05, 0.1) is 18.8 Å². The fourth-order valence-electron chi connectivity index (χ4n) is 5.20. The standard InChI is InChI=1S/C27H26F2N3O2/c1-15(2)31(27(33)34)13-20-16(3)26(17-9-10-21(28)22(29)11-17)32-14-25-19(12-24(20)32)18-7-5-6-8-23(18)30(25)4/h5-11,15H,3,12-14H2,1-2,4H3,(H,33,34). The predicted octanol–water partition coefficient (Wildman–Crippen LogP) is 5.95. The molecule has 0 saturated carbocycles. The van der Waals surface area contributed by atoms with Gasteiger partial charge < -0.3 is 19.1 Å². The summed E-state index contributed by atoms with van der Waals surface area (Å²) in [5.41, 5.74) is 7.09. The van der Waals surface area contributed by atoms with Crippen molar-refractivity contribution in [3.05, 3.63) is 89.1 Å². The first-order valence-electron chi connectivity index (χ1n) is 11.2. The minimum atomic E-state index is -1.01. The molecule has 5 rings (SSSR count). The van der Waals surface area contributed by atoms with Crippen molar-refractivity contribution in [3.63, 3.8) is 0 Å². The first-order chi connectivity index (χ1) is 16.2. The Hall–Kier alpha value is -3.61. The van der Waals surface area contributed by atoms with Gasteiger partial charge in [-0.2, -0.15) is 0 Å². The highest BCUT2D eigenvalue weighted by atomic mass is 19.2. The van der Waals surface area contributed by atoms with Crippen LogP contribution in [0, 0.1) is 18.6 Å². The third-order valence-electron chi connectivity index (χ3n) is 6.98. The number of fused-ring (bicyclic) bond motifs is 4. The lowest BCUT2D eigenvalue weighted by Gasteiger charge is -2.25. The maximum absolute atomic E-state index is 14.2. The highest BCUT2D eigenvalue weighted by Gasteiger charge is 2.31. The smallest absolute Gasteiger partial charge is 0.407 e. The lowest BCUT2D eigenvalue weighted by Crippen LogP contribution is -2.35. The van der Waals surface area contributed by atoms with E-state index < -0.39 is 17.7 Å². The van der Waals surface area contributed by atoms with E-state index in [9.17, 15) is 18.7 Å². The van der Waals surface area contributed by atoms with E-state index in [0.29, 0.717) is 29.8 Å². The van der Waals surface area contributed by atoms with Crippen LogP contribution in [0.2, 0.25) is 0 Å². The van der Waals surface area contributed by atoms with Gasteiger partial charge >= 0.3 is 6.09 Å². The summed E-state index contributed by atoms with van der Waals surface area (Å²) in [5.74, 6) is -1.84. The molecular formula is C27H26F2N3O2. The van der Waals surface area contributed by atoms with Gasteiger partial charge in [0, 0.05) is 47.4 Å². The van der Waals surface area contributed by atoms with E-state index in [1.807, 2.05) is 33.0 Å². The number of hydrogen-bond donors (Lipinski definition) is 1. The number of benzene rings is 2. The van der Waals surface area contributed by atoms with Crippen molar-refractivity contribution in [1.29, 1.82) is 0 Å². The topological polar surface area (TPSA) is 50.4 Å². The Morgan fingerprint density at radius 3 is 2.56 bits per heavy atom. The number of carboxylic acid groups (broad SMARTS) is 1. The molecule has 0 fully saturated rings. The van der Waals surface area contributed by atoms with Gasteiger partial charge in [0.2, 0.25) is 0 Å². The molecule has 1 aliphatic rings. The normalized spacial score (nSPS) is 12.8. The molecule has 1 aliphatic heterocycles. The number of halogens is 2. The predicted molar refractivity (Wildman–Crippen MR) is 128 cm³/mol. The Bertz CT molecular complexity index is 1450. The Labute approximate surface area is 196 Å². The molecule has 0 spiro atoms. The van der Waals surface area contributed by atoms with E-state index in [1.54, 1.807) is 6.07 Å². The van der Waals surface area contributed by atoms with Crippen LogP contribution >= 0.6 is 0 Å². The summed E-state index contributed by atoms with van der Waals surface area (Å²) < 4.78 is 32.2. The van der Waals surface area contributed by atoms with Gasteiger partial charge in [0.15, 0.2) is 11.6 Å². The van der Waals surface area contributed by atoms with Crippen molar-refractivity contribution >= 4 is 17.0 Å². The Morgan fingerprint density at radius 1 is 1.15 bits per heavy atom. The summed E-state index contributed by atoms with van der Waals surface area (Å²) in [7, 11) is 2.03. The highest BCUT2D eigenvalue weighted by Crippen LogP contribution is 2.40. The van der Waals surface area contributed by atoms with Crippen LogP contribution in [0.3, 0.4) is 0 Å². The Morgan fingerprint density at radius 2 is 1.88 bits per heavy atom. The van der Waals surface area contributed by atoms with Gasteiger partial charge in [0.1, 0.15) is 0 Å². The fourth-order valence-corrected chi connectivity index (χ4v) is 5.20. The molecule has 0 saturated heterocycles. The van der Waals surface area contributed by atoms with Crippen molar-refractivity contribution in [2.75, 3.05) is 0 Å². The van der Waals surface area contributed by atoms with Crippen LogP contribution in [-0.4, -0.2) is 31.3 Å². The van der Waals surface area contributed by atoms with Gasteiger partial charge in [-0.25, -0.2) is 13.6 Å². The number of rotatable bonds is 4. The van der Waals surface area contributed by atoms with Gasteiger partial charge in [-0.05, 0) is 61.7 Å². The number of aryl methyl sites for hydroxylation is 1. The summed E-state index contributed by atoms with van der Waals surface area (Å²) in [6, 6.07) is 11.8. The molecule has 1 N–H and O–H groups in total. The molecule has 0 atom stereocenters. The summed E-state index contributed by atoms with van der Waals surface area (Å²) in [5, 5.41) is 11.0. The molecule has 4 aromatic rings. The second-order valence-corrected chi connectivity index (χ2v) is 9.15. The molecule has 3 heterocycles. The van der Waals surface area contributed by atoms with Gasteiger partial charge in [-0.3, -0.25) is 0 Å². The first kappa shape index (κ1) is 22.2. The zero-order chi connectivity index (χ0) is 24.3. The maximum Gasteiger partial charge on any atom is 0.407 e. The minimum absolute atomic E-state index is 0.172. The number of nitrogens with zero attached hydrogens (tertiary/aromatic N) is 3. The average Bonchev–Trinajstić information content (AvgIpc) is 3.23. The molecule has 1 amide bonds. The third-order valence-corrected chi connectivity index (χ3v) is 6.98. The largest absolute Gasteiger partial charge is 0.465 e. The number of para-hydroxylation sites is 1. The van der Waals surface area contributed by atoms with Gasteiger partial charge in [-0.1, -0.05) is 18.2 Å². The SMILES string of the molecule is [CH2]c1c(CN(C(=O)O)C(C)C)c2n(c1-c1ccc(F)c(F)c1)Cc1c(c3ccccc3n1C)C2. The molecule has 2 aromatic carbocycles. The average molecular weight is 463 g/mol. The van der Waals surface area contributed by atoms with Crippen LogP contribution in [0.15, 0.2) is 42.5 Å². The molecule has 0 unspecified atom stereocenters.